The van der Waals surface area contributed by atoms with Crippen molar-refractivity contribution in [3.05, 3.63) is 72.5 Å². The molecule has 2 rings (SSSR count). The Morgan fingerprint density at radius 2 is 1.83 bits per heavy atom. The highest BCUT2D eigenvalue weighted by Crippen LogP contribution is 2.29. The Labute approximate surface area is 142 Å². The van der Waals surface area contributed by atoms with E-state index in [-0.39, 0.29) is 6.42 Å². The first-order valence-corrected chi connectivity index (χ1v) is 7.98. The number of aliphatic carboxylic acids is 1. The standard InChI is InChI=1S/C20H24N2O2/c1-4-7-13-10-14(8-5-2)19-16(11-13)15(12-17(21)20(23)24)18(22-19)9-6-3/h4-6,10-11,17,22H,1-3,7-9,12,21H2,(H,23,24). The van der Waals surface area contributed by atoms with Gasteiger partial charge in [-0.2, -0.15) is 0 Å². The first kappa shape index (κ1) is 17.8. The molecule has 0 radical (unpaired) electrons. The second-order valence-corrected chi connectivity index (χ2v) is 5.89. The Hall–Kier alpha value is -2.59. The topological polar surface area (TPSA) is 79.1 Å². The molecule has 0 saturated heterocycles. The van der Waals surface area contributed by atoms with Gasteiger partial charge in [0.2, 0.25) is 0 Å². The fourth-order valence-corrected chi connectivity index (χ4v) is 3.00. The molecule has 0 aliphatic rings. The first-order chi connectivity index (χ1) is 11.5. The Kier molecular flexibility index (Phi) is 5.77. The summed E-state index contributed by atoms with van der Waals surface area (Å²) in [5, 5.41) is 10.2. The lowest BCUT2D eigenvalue weighted by molar-refractivity contribution is -0.138. The average molecular weight is 324 g/mol. The summed E-state index contributed by atoms with van der Waals surface area (Å²) >= 11 is 0. The van der Waals surface area contributed by atoms with E-state index in [0.717, 1.165) is 46.1 Å². The molecule has 1 atom stereocenters. The van der Waals surface area contributed by atoms with Crippen LogP contribution in [-0.4, -0.2) is 22.1 Å². The van der Waals surface area contributed by atoms with Gasteiger partial charge in [0.25, 0.3) is 0 Å². The highest BCUT2D eigenvalue weighted by molar-refractivity contribution is 5.89. The molecule has 0 aliphatic carbocycles. The van der Waals surface area contributed by atoms with Gasteiger partial charge in [-0.15, -0.1) is 19.7 Å². The van der Waals surface area contributed by atoms with Crippen molar-refractivity contribution in [2.75, 3.05) is 0 Å². The van der Waals surface area contributed by atoms with E-state index in [4.69, 9.17) is 10.8 Å². The van der Waals surface area contributed by atoms with E-state index in [1.165, 1.54) is 0 Å². The minimum Gasteiger partial charge on any atom is -0.480 e. The van der Waals surface area contributed by atoms with Crippen LogP contribution in [0.3, 0.4) is 0 Å². The van der Waals surface area contributed by atoms with E-state index >= 15 is 0 Å². The fraction of sp³-hybridized carbons (Fsp3) is 0.250. The molecule has 1 aromatic carbocycles. The van der Waals surface area contributed by atoms with Gasteiger partial charge in [0.15, 0.2) is 0 Å². The number of carboxylic acid groups (broad SMARTS) is 1. The highest BCUT2D eigenvalue weighted by atomic mass is 16.4. The molecule has 1 unspecified atom stereocenters. The first-order valence-electron chi connectivity index (χ1n) is 7.98. The maximum Gasteiger partial charge on any atom is 0.320 e. The molecule has 1 heterocycles. The quantitative estimate of drug-likeness (QED) is 0.619. The van der Waals surface area contributed by atoms with Crippen LogP contribution in [-0.2, 0) is 30.5 Å². The number of benzene rings is 1. The smallest absolute Gasteiger partial charge is 0.320 e. The van der Waals surface area contributed by atoms with E-state index < -0.39 is 12.0 Å². The number of aromatic amines is 1. The van der Waals surface area contributed by atoms with E-state index in [1.807, 2.05) is 12.2 Å². The van der Waals surface area contributed by atoms with Crippen molar-refractivity contribution in [1.82, 2.24) is 4.98 Å². The molecule has 0 amide bonds. The molecular formula is C20H24N2O2. The third kappa shape index (κ3) is 3.66. The second kappa shape index (κ2) is 7.79. The van der Waals surface area contributed by atoms with Crippen LogP contribution in [0.2, 0.25) is 0 Å². The van der Waals surface area contributed by atoms with Crippen molar-refractivity contribution in [3.63, 3.8) is 0 Å². The van der Waals surface area contributed by atoms with Crippen LogP contribution in [0.4, 0.5) is 0 Å². The minimum absolute atomic E-state index is 0.281. The number of nitrogens with two attached hydrogens (primary N) is 1. The zero-order valence-corrected chi connectivity index (χ0v) is 13.8. The lowest BCUT2D eigenvalue weighted by atomic mass is 9.96. The molecule has 4 N–H and O–H groups in total. The number of carbonyl (C=O) groups is 1. The number of hydrogen-bond acceptors (Lipinski definition) is 2. The summed E-state index contributed by atoms with van der Waals surface area (Å²) in [6.45, 7) is 11.4. The fourth-order valence-electron chi connectivity index (χ4n) is 3.00. The average Bonchev–Trinajstić information content (AvgIpc) is 2.86. The van der Waals surface area contributed by atoms with Gasteiger partial charge in [0, 0.05) is 29.4 Å². The van der Waals surface area contributed by atoms with Crippen molar-refractivity contribution in [1.29, 1.82) is 0 Å². The lowest BCUT2D eigenvalue weighted by Gasteiger charge is -2.09. The van der Waals surface area contributed by atoms with Gasteiger partial charge >= 0.3 is 5.97 Å². The number of aromatic nitrogens is 1. The number of fused-ring (bicyclic) bond motifs is 1. The lowest BCUT2D eigenvalue weighted by Crippen LogP contribution is -2.32. The summed E-state index contributed by atoms with van der Waals surface area (Å²) in [6.07, 6.45) is 7.94. The Morgan fingerprint density at radius 3 is 2.42 bits per heavy atom. The van der Waals surface area contributed by atoms with Crippen molar-refractivity contribution in [2.45, 2.75) is 31.7 Å². The number of carboxylic acids is 1. The number of hydrogen-bond donors (Lipinski definition) is 3. The van der Waals surface area contributed by atoms with Gasteiger partial charge in [-0.3, -0.25) is 4.79 Å². The van der Waals surface area contributed by atoms with E-state index in [0.29, 0.717) is 6.42 Å². The molecule has 0 saturated carbocycles. The third-order valence-corrected chi connectivity index (χ3v) is 4.08. The van der Waals surface area contributed by atoms with Crippen LogP contribution in [0.15, 0.2) is 50.1 Å². The van der Waals surface area contributed by atoms with Gasteiger partial charge in [-0.25, -0.2) is 0 Å². The predicted octanol–water partition coefficient (Wildman–Crippen LogP) is 3.31. The molecule has 1 aromatic heterocycles. The van der Waals surface area contributed by atoms with Crippen LogP contribution < -0.4 is 5.73 Å². The third-order valence-electron chi connectivity index (χ3n) is 4.08. The SMILES string of the molecule is C=CCc1cc(CC=C)c2[nH]c(CC=C)c(CC(N)C(=O)O)c2c1. The van der Waals surface area contributed by atoms with Gasteiger partial charge in [-0.1, -0.05) is 24.3 Å². The Bertz CT molecular complexity index is 787. The zero-order chi connectivity index (χ0) is 17.7. The summed E-state index contributed by atoms with van der Waals surface area (Å²) in [5.41, 5.74) is 11.0. The summed E-state index contributed by atoms with van der Waals surface area (Å²) in [4.78, 5) is 14.6. The van der Waals surface area contributed by atoms with Crippen molar-refractivity contribution >= 4 is 16.9 Å². The largest absolute Gasteiger partial charge is 0.480 e. The van der Waals surface area contributed by atoms with Gasteiger partial charge < -0.3 is 15.8 Å². The number of rotatable bonds is 9. The molecule has 24 heavy (non-hydrogen) atoms. The Balaban J connectivity index is 2.68. The summed E-state index contributed by atoms with van der Waals surface area (Å²) in [6, 6.07) is 3.30. The van der Waals surface area contributed by atoms with Crippen LogP contribution in [0, 0.1) is 0 Å². The van der Waals surface area contributed by atoms with Crippen LogP contribution in [0.1, 0.15) is 22.4 Å². The van der Waals surface area contributed by atoms with Crippen molar-refractivity contribution in [3.8, 4) is 0 Å². The molecule has 2 aromatic rings. The van der Waals surface area contributed by atoms with Gasteiger partial charge in [-0.05, 0) is 35.6 Å². The second-order valence-electron chi connectivity index (χ2n) is 5.89. The number of H-pyrrole nitrogens is 1. The summed E-state index contributed by atoms with van der Waals surface area (Å²) in [7, 11) is 0. The molecule has 0 spiro atoms. The van der Waals surface area contributed by atoms with Gasteiger partial charge in [0.1, 0.15) is 6.04 Å². The summed E-state index contributed by atoms with van der Waals surface area (Å²) in [5.74, 6) is -0.998. The zero-order valence-electron chi connectivity index (χ0n) is 13.8. The molecular weight excluding hydrogens is 300 g/mol. The molecule has 4 nitrogen and oxygen atoms in total. The predicted molar refractivity (Wildman–Crippen MR) is 99.3 cm³/mol. The molecule has 4 heteroatoms. The molecule has 0 aliphatic heterocycles. The van der Waals surface area contributed by atoms with Crippen LogP contribution in [0.25, 0.3) is 10.9 Å². The van der Waals surface area contributed by atoms with Crippen molar-refractivity contribution < 1.29 is 9.90 Å². The monoisotopic (exact) mass is 324 g/mol. The maximum absolute atomic E-state index is 11.2. The summed E-state index contributed by atoms with van der Waals surface area (Å²) < 4.78 is 0. The maximum atomic E-state index is 11.2. The van der Waals surface area contributed by atoms with E-state index in [1.54, 1.807) is 6.08 Å². The van der Waals surface area contributed by atoms with Crippen LogP contribution in [0.5, 0.6) is 0 Å². The van der Waals surface area contributed by atoms with Crippen LogP contribution >= 0.6 is 0 Å². The highest BCUT2D eigenvalue weighted by Gasteiger charge is 2.20. The van der Waals surface area contributed by atoms with E-state index in [9.17, 15) is 4.79 Å². The molecule has 0 fully saturated rings. The Morgan fingerprint density at radius 1 is 1.17 bits per heavy atom. The van der Waals surface area contributed by atoms with E-state index in [2.05, 4.69) is 36.9 Å². The minimum atomic E-state index is -0.998. The van der Waals surface area contributed by atoms with Gasteiger partial charge in [0.05, 0.1) is 0 Å². The number of nitrogens with one attached hydrogen (secondary N) is 1. The normalized spacial score (nSPS) is 12.0. The molecule has 0 bridgehead atoms. The molecule has 126 valence electrons. The number of allylic oxidation sites excluding steroid dienone is 3. The van der Waals surface area contributed by atoms with Crippen molar-refractivity contribution in [2.24, 2.45) is 5.73 Å².